The van der Waals surface area contributed by atoms with Gasteiger partial charge in [0.15, 0.2) is 0 Å². The first-order chi connectivity index (χ1) is 19.0. The molecule has 1 saturated heterocycles. The fraction of sp³-hybridized carbons (Fsp3) is 0.276. The second kappa shape index (κ2) is 12.3. The Kier molecular flexibility index (Phi) is 8.86. The molecule has 1 heterocycles. The Balaban J connectivity index is 1.38. The van der Waals surface area contributed by atoms with Crippen molar-refractivity contribution >= 4 is 39.3 Å². The average molecular weight is 565 g/mol. The molecule has 0 bridgehead atoms. The van der Waals surface area contributed by atoms with Gasteiger partial charge < -0.3 is 21.1 Å². The van der Waals surface area contributed by atoms with Gasteiger partial charge in [0.2, 0.25) is 15.9 Å². The minimum Gasteiger partial charge on any atom is -0.480 e. The Hall–Kier alpha value is -4.22. The Bertz CT molecular complexity index is 1490. The number of hydrogen-bond acceptors (Lipinski definition) is 5. The zero-order valence-electron chi connectivity index (χ0n) is 22.3. The number of urea groups is 1. The van der Waals surface area contributed by atoms with Crippen LogP contribution in [0.3, 0.4) is 0 Å². The van der Waals surface area contributed by atoms with Crippen LogP contribution in [0.4, 0.5) is 16.2 Å². The Morgan fingerprint density at radius 2 is 1.60 bits per heavy atom. The van der Waals surface area contributed by atoms with E-state index >= 15 is 0 Å². The summed E-state index contributed by atoms with van der Waals surface area (Å²) in [4.78, 5) is 37.5. The number of sulfonamides is 1. The van der Waals surface area contributed by atoms with E-state index in [4.69, 9.17) is 0 Å². The predicted molar refractivity (Wildman–Crippen MR) is 152 cm³/mol. The van der Waals surface area contributed by atoms with Crippen LogP contribution in [0.25, 0.3) is 0 Å². The highest BCUT2D eigenvalue weighted by Gasteiger charge is 2.40. The lowest BCUT2D eigenvalue weighted by atomic mass is 10.0. The SMILES string of the molecule is Cc1ccc(S(=O)(=O)N2CCC[C@H]2C(=O)N[C@@H](Cc2ccc(NC(=O)Nc3cccc(C)c3)cc2)C(=O)O)cc1. The number of carboxylic acids is 1. The number of nitrogens with zero attached hydrogens (tertiary/aromatic N) is 1. The number of anilines is 2. The molecule has 0 saturated carbocycles. The number of carbonyl (C=O) groups is 3. The van der Waals surface area contributed by atoms with Crippen molar-refractivity contribution in [2.45, 2.75) is 50.1 Å². The molecule has 0 radical (unpaired) electrons. The van der Waals surface area contributed by atoms with Crippen LogP contribution in [0.5, 0.6) is 0 Å². The molecular weight excluding hydrogens is 532 g/mol. The van der Waals surface area contributed by atoms with Crippen LogP contribution < -0.4 is 16.0 Å². The summed E-state index contributed by atoms with van der Waals surface area (Å²) in [5, 5.41) is 17.8. The second-order valence-electron chi connectivity index (χ2n) is 9.84. The molecule has 40 heavy (non-hydrogen) atoms. The standard InChI is InChI=1S/C29H32N4O6S/c1-19-8-14-24(15-9-19)40(38,39)33-16-4-7-26(33)27(34)32-25(28(35)36)18-21-10-12-22(13-11-21)30-29(37)31-23-6-3-5-20(2)17-23/h3,5-6,8-15,17,25-26H,4,7,16,18H2,1-2H3,(H,32,34)(H,35,36)(H2,30,31,37)/t25-,26-/m0/s1. The first-order valence-corrected chi connectivity index (χ1v) is 14.3. The van der Waals surface area contributed by atoms with Crippen molar-refractivity contribution in [1.29, 1.82) is 0 Å². The van der Waals surface area contributed by atoms with Gasteiger partial charge in [-0.15, -0.1) is 0 Å². The molecule has 10 nitrogen and oxygen atoms in total. The number of amides is 3. The monoisotopic (exact) mass is 564 g/mol. The lowest BCUT2D eigenvalue weighted by Gasteiger charge is -2.25. The van der Waals surface area contributed by atoms with Crippen LogP contribution in [0, 0.1) is 13.8 Å². The summed E-state index contributed by atoms with van der Waals surface area (Å²) >= 11 is 0. The van der Waals surface area contributed by atoms with Gasteiger partial charge in [0.1, 0.15) is 12.1 Å². The fourth-order valence-electron chi connectivity index (χ4n) is 4.58. The highest BCUT2D eigenvalue weighted by Crippen LogP contribution is 2.26. The molecule has 3 aromatic carbocycles. The van der Waals surface area contributed by atoms with Gasteiger partial charge in [-0.3, -0.25) is 4.79 Å². The van der Waals surface area contributed by atoms with Gasteiger partial charge in [0, 0.05) is 24.3 Å². The van der Waals surface area contributed by atoms with E-state index in [1.165, 1.54) is 12.1 Å². The number of aliphatic carboxylic acids is 1. The van der Waals surface area contributed by atoms with E-state index in [1.54, 1.807) is 42.5 Å². The lowest BCUT2D eigenvalue weighted by molar-refractivity contribution is -0.142. The Morgan fingerprint density at radius 3 is 2.25 bits per heavy atom. The van der Waals surface area contributed by atoms with E-state index in [9.17, 15) is 27.9 Å². The quantitative estimate of drug-likeness (QED) is 0.310. The highest BCUT2D eigenvalue weighted by atomic mass is 32.2. The molecule has 4 rings (SSSR count). The number of aryl methyl sites for hydroxylation is 2. The molecule has 0 aliphatic carbocycles. The zero-order chi connectivity index (χ0) is 28.9. The van der Waals surface area contributed by atoms with Crippen molar-refractivity contribution < 1.29 is 27.9 Å². The molecule has 1 aliphatic rings. The maximum Gasteiger partial charge on any atom is 0.326 e. The van der Waals surface area contributed by atoms with Crippen LogP contribution in [-0.4, -0.2) is 54.4 Å². The molecule has 1 fully saturated rings. The van der Waals surface area contributed by atoms with E-state index in [2.05, 4.69) is 16.0 Å². The summed E-state index contributed by atoms with van der Waals surface area (Å²) in [6.07, 6.45) is 0.773. The molecule has 0 spiro atoms. The van der Waals surface area contributed by atoms with Gasteiger partial charge in [-0.1, -0.05) is 42.0 Å². The maximum absolute atomic E-state index is 13.2. The second-order valence-corrected chi connectivity index (χ2v) is 11.7. The van der Waals surface area contributed by atoms with Crippen molar-refractivity contribution in [3.05, 3.63) is 89.5 Å². The van der Waals surface area contributed by atoms with Crippen molar-refractivity contribution in [3.63, 3.8) is 0 Å². The summed E-state index contributed by atoms with van der Waals surface area (Å²) in [5.74, 6) is -1.88. The van der Waals surface area contributed by atoms with Crippen LogP contribution >= 0.6 is 0 Å². The van der Waals surface area contributed by atoms with E-state index in [1.807, 2.05) is 32.0 Å². The third-order valence-electron chi connectivity index (χ3n) is 6.68. The normalized spacial score (nSPS) is 16.2. The van der Waals surface area contributed by atoms with Gasteiger partial charge in [-0.25, -0.2) is 18.0 Å². The summed E-state index contributed by atoms with van der Waals surface area (Å²) in [7, 11) is -3.92. The van der Waals surface area contributed by atoms with Crippen LogP contribution in [0.1, 0.15) is 29.5 Å². The smallest absolute Gasteiger partial charge is 0.326 e. The van der Waals surface area contributed by atoms with Crippen molar-refractivity contribution in [2.24, 2.45) is 0 Å². The minimum absolute atomic E-state index is 0.0196. The largest absolute Gasteiger partial charge is 0.480 e. The van der Waals surface area contributed by atoms with Crippen LogP contribution in [0.15, 0.2) is 77.7 Å². The van der Waals surface area contributed by atoms with Gasteiger partial charge in [0.25, 0.3) is 0 Å². The number of nitrogens with one attached hydrogen (secondary N) is 3. The molecule has 4 N–H and O–H groups in total. The van der Waals surface area contributed by atoms with Crippen LogP contribution in [-0.2, 0) is 26.0 Å². The van der Waals surface area contributed by atoms with Crippen molar-refractivity contribution in [1.82, 2.24) is 9.62 Å². The molecule has 11 heteroatoms. The van der Waals surface area contributed by atoms with Crippen molar-refractivity contribution in [2.75, 3.05) is 17.2 Å². The molecular formula is C29H32N4O6S. The summed E-state index contributed by atoms with van der Waals surface area (Å²) < 4.78 is 27.5. The Morgan fingerprint density at radius 1 is 0.925 bits per heavy atom. The maximum atomic E-state index is 13.2. The summed E-state index contributed by atoms with van der Waals surface area (Å²) in [6, 6.07) is 17.7. The molecule has 0 aromatic heterocycles. The molecule has 1 aliphatic heterocycles. The highest BCUT2D eigenvalue weighted by molar-refractivity contribution is 7.89. The van der Waals surface area contributed by atoms with Gasteiger partial charge in [0.05, 0.1) is 4.90 Å². The molecule has 2 atom stereocenters. The van der Waals surface area contributed by atoms with E-state index < -0.39 is 40.0 Å². The third kappa shape index (κ3) is 7.04. The topological polar surface area (TPSA) is 145 Å². The third-order valence-corrected chi connectivity index (χ3v) is 8.60. The van der Waals surface area contributed by atoms with E-state index in [0.29, 0.717) is 29.8 Å². The molecule has 3 amide bonds. The van der Waals surface area contributed by atoms with E-state index in [-0.39, 0.29) is 17.9 Å². The van der Waals surface area contributed by atoms with E-state index in [0.717, 1.165) is 15.4 Å². The fourth-order valence-corrected chi connectivity index (χ4v) is 6.24. The van der Waals surface area contributed by atoms with Gasteiger partial charge in [-0.05, 0) is 74.2 Å². The lowest BCUT2D eigenvalue weighted by Crippen LogP contribution is -2.51. The van der Waals surface area contributed by atoms with Crippen LogP contribution in [0.2, 0.25) is 0 Å². The van der Waals surface area contributed by atoms with Crippen molar-refractivity contribution in [3.8, 4) is 0 Å². The number of benzene rings is 3. The zero-order valence-corrected chi connectivity index (χ0v) is 23.1. The predicted octanol–water partition coefficient (Wildman–Crippen LogP) is 3.91. The number of rotatable bonds is 9. The molecule has 210 valence electrons. The number of hydrogen-bond donors (Lipinski definition) is 4. The number of carbonyl (C=O) groups excluding carboxylic acids is 2. The average Bonchev–Trinajstić information content (AvgIpc) is 3.41. The summed E-state index contributed by atoms with van der Waals surface area (Å²) in [6.45, 7) is 3.95. The first kappa shape index (κ1) is 28.8. The minimum atomic E-state index is -3.92. The van der Waals surface area contributed by atoms with Gasteiger partial charge >= 0.3 is 12.0 Å². The summed E-state index contributed by atoms with van der Waals surface area (Å²) in [5.41, 5.74) is 3.70. The molecule has 0 unspecified atom stereocenters. The Labute approximate surface area is 233 Å². The first-order valence-electron chi connectivity index (χ1n) is 12.9. The molecule has 3 aromatic rings. The van der Waals surface area contributed by atoms with Gasteiger partial charge in [-0.2, -0.15) is 4.31 Å². The number of carboxylic acid groups (broad SMARTS) is 1.